The van der Waals surface area contributed by atoms with E-state index in [2.05, 4.69) is 10.9 Å². The van der Waals surface area contributed by atoms with Crippen molar-refractivity contribution in [3.05, 3.63) is 66.4 Å². The quantitative estimate of drug-likeness (QED) is 0.722. The summed E-state index contributed by atoms with van der Waals surface area (Å²) in [6.07, 6.45) is 1.84. The molecular formula is C18H17N3O3. The van der Waals surface area contributed by atoms with E-state index in [-0.39, 0.29) is 18.4 Å². The van der Waals surface area contributed by atoms with Crippen molar-refractivity contribution >= 4 is 22.7 Å². The Hall–Kier alpha value is -3.28. The summed E-state index contributed by atoms with van der Waals surface area (Å²) in [5.41, 5.74) is 6.23. The van der Waals surface area contributed by atoms with E-state index in [1.807, 2.05) is 41.1 Å². The molecule has 6 nitrogen and oxygen atoms in total. The number of ether oxygens (including phenoxy) is 1. The second kappa shape index (κ2) is 6.87. The van der Waals surface area contributed by atoms with Gasteiger partial charge in [-0.2, -0.15) is 0 Å². The Labute approximate surface area is 139 Å². The van der Waals surface area contributed by atoms with E-state index in [9.17, 15) is 9.59 Å². The highest BCUT2D eigenvalue weighted by molar-refractivity contribution is 5.95. The lowest BCUT2D eigenvalue weighted by atomic mass is 10.2. The zero-order chi connectivity index (χ0) is 16.9. The van der Waals surface area contributed by atoms with Crippen LogP contribution in [0.4, 0.5) is 0 Å². The lowest BCUT2D eigenvalue weighted by molar-refractivity contribution is -0.122. The minimum Gasteiger partial charge on any atom is -0.497 e. The third-order valence-corrected chi connectivity index (χ3v) is 3.66. The smallest absolute Gasteiger partial charge is 0.269 e. The number of hydrazine groups is 1. The van der Waals surface area contributed by atoms with Crippen LogP contribution >= 0.6 is 0 Å². The molecule has 6 heteroatoms. The van der Waals surface area contributed by atoms with Crippen LogP contribution in [0.5, 0.6) is 5.75 Å². The number of fused-ring (bicyclic) bond motifs is 1. The first-order valence-corrected chi connectivity index (χ1v) is 7.44. The van der Waals surface area contributed by atoms with Gasteiger partial charge in [-0.15, -0.1) is 0 Å². The molecule has 3 rings (SSSR count). The minimum absolute atomic E-state index is 0.121. The number of rotatable bonds is 4. The van der Waals surface area contributed by atoms with Gasteiger partial charge in [0.1, 0.15) is 12.3 Å². The van der Waals surface area contributed by atoms with Gasteiger partial charge >= 0.3 is 0 Å². The molecular weight excluding hydrogens is 306 g/mol. The zero-order valence-corrected chi connectivity index (χ0v) is 13.2. The van der Waals surface area contributed by atoms with E-state index in [0.29, 0.717) is 11.3 Å². The number of carbonyl (C=O) groups is 2. The van der Waals surface area contributed by atoms with Crippen molar-refractivity contribution in [3.63, 3.8) is 0 Å². The van der Waals surface area contributed by atoms with E-state index < -0.39 is 0 Å². The van der Waals surface area contributed by atoms with E-state index in [4.69, 9.17) is 4.74 Å². The molecule has 0 unspecified atom stereocenters. The summed E-state index contributed by atoms with van der Waals surface area (Å²) in [7, 11) is 1.56. The normalized spacial score (nSPS) is 10.4. The summed E-state index contributed by atoms with van der Waals surface area (Å²) in [6, 6.07) is 16.3. The van der Waals surface area contributed by atoms with Gasteiger partial charge in [-0.25, -0.2) is 0 Å². The lowest BCUT2D eigenvalue weighted by Crippen LogP contribution is -2.43. The highest BCUT2D eigenvalue weighted by atomic mass is 16.5. The third kappa shape index (κ3) is 3.38. The molecule has 0 aliphatic rings. The van der Waals surface area contributed by atoms with Gasteiger partial charge in [0, 0.05) is 17.3 Å². The number of amides is 2. The van der Waals surface area contributed by atoms with Crippen molar-refractivity contribution in [1.29, 1.82) is 0 Å². The Morgan fingerprint density at radius 2 is 1.75 bits per heavy atom. The number of aromatic nitrogens is 1. The molecule has 0 fully saturated rings. The maximum absolute atomic E-state index is 12.0. The number of benzene rings is 2. The summed E-state index contributed by atoms with van der Waals surface area (Å²) in [5, 5.41) is 1.06. The van der Waals surface area contributed by atoms with Crippen LogP contribution < -0.4 is 15.6 Å². The van der Waals surface area contributed by atoms with Crippen molar-refractivity contribution < 1.29 is 14.3 Å². The summed E-state index contributed by atoms with van der Waals surface area (Å²) < 4.78 is 6.86. The number of methoxy groups -OCH3 is 1. The molecule has 0 radical (unpaired) electrons. The Morgan fingerprint density at radius 1 is 1.00 bits per heavy atom. The van der Waals surface area contributed by atoms with Gasteiger partial charge < -0.3 is 9.30 Å². The van der Waals surface area contributed by atoms with Crippen LogP contribution in [-0.2, 0) is 11.3 Å². The minimum atomic E-state index is -0.386. The van der Waals surface area contributed by atoms with Gasteiger partial charge in [0.25, 0.3) is 11.8 Å². The van der Waals surface area contributed by atoms with Gasteiger partial charge in [0.2, 0.25) is 0 Å². The van der Waals surface area contributed by atoms with Crippen LogP contribution in [-0.4, -0.2) is 23.5 Å². The standard InChI is InChI=1S/C18H17N3O3/c1-24-15-8-6-14(7-9-15)18(23)20-19-17(22)12-21-11-10-13-4-2-3-5-16(13)21/h2-11H,12H2,1H3,(H,19,22)(H,20,23). The van der Waals surface area contributed by atoms with Crippen molar-refractivity contribution in [2.24, 2.45) is 0 Å². The van der Waals surface area contributed by atoms with Gasteiger partial charge in [0.15, 0.2) is 0 Å². The third-order valence-electron chi connectivity index (χ3n) is 3.66. The molecule has 0 aliphatic carbocycles. The Bertz CT molecular complexity index is 869. The molecule has 3 aromatic rings. The van der Waals surface area contributed by atoms with Crippen LogP contribution in [0, 0.1) is 0 Å². The SMILES string of the molecule is COc1ccc(C(=O)NNC(=O)Cn2ccc3ccccc32)cc1. The van der Waals surface area contributed by atoms with Gasteiger partial charge in [-0.3, -0.25) is 20.4 Å². The predicted molar refractivity (Wildman–Crippen MR) is 90.5 cm³/mol. The monoisotopic (exact) mass is 323 g/mol. The van der Waals surface area contributed by atoms with Crippen LogP contribution in [0.3, 0.4) is 0 Å². The van der Waals surface area contributed by atoms with Crippen LogP contribution in [0.1, 0.15) is 10.4 Å². The Balaban J connectivity index is 1.57. The Kier molecular flexibility index (Phi) is 4.47. The second-order valence-corrected chi connectivity index (χ2v) is 5.23. The highest BCUT2D eigenvalue weighted by Gasteiger charge is 2.09. The maximum Gasteiger partial charge on any atom is 0.269 e. The van der Waals surface area contributed by atoms with Crippen LogP contribution in [0.15, 0.2) is 60.8 Å². The predicted octanol–water partition coefficient (Wildman–Crippen LogP) is 2.11. The van der Waals surface area contributed by atoms with Crippen LogP contribution in [0.25, 0.3) is 10.9 Å². The van der Waals surface area contributed by atoms with Crippen molar-refractivity contribution in [2.45, 2.75) is 6.54 Å². The maximum atomic E-state index is 12.0. The molecule has 0 aliphatic heterocycles. The van der Waals surface area contributed by atoms with Gasteiger partial charge in [-0.05, 0) is 41.8 Å². The molecule has 0 atom stereocenters. The highest BCUT2D eigenvalue weighted by Crippen LogP contribution is 2.14. The molecule has 0 spiro atoms. The molecule has 122 valence electrons. The average molecular weight is 323 g/mol. The zero-order valence-electron chi connectivity index (χ0n) is 13.2. The number of hydrogen-bond acceptors (Lipinski definition) is 3. The Morgan fingerprint density at radius 3 is 2.50 bits per heavy atom. The first kappa shape index (κ1) is 15.6. The fourth-order valence-corrected chi connectivity index (χ4v) is 2.41. The first-order chi connectivity index (χ1) is 11.7. The molecule has 1 heterocycles. The molecule has 24 heavy (non-hydrogen) atoms. The van der Waals surface area contributed by atoms with E-state index in [1.54, 1.807) is 31.4 Å². The topological polar surface area (TPSA) is 72.4 Å². The fraction of sp³-hybridized carbons (Fsp3) is 0.111. The lowest BCUT2D eigenvalue weighted by Gasteiger charge is -2.09. The van der Waals surface area contributed by atoms with E-state index in [0.717, 1.165) is 10.9 Å². The second-order valence-electron chi connectivity index (χ2n) is 5.23. The summed E-state index contributed by atoms with van der Waals surface area (Å²) in [5.74, 6) is -0.0309. The fourth-order valence-electron chi connectivity index (χ4n) is 2.41. The largest absolute Gasteiger partial charge is 0.497 e. The molecule has 0 saturated carbocycles. The first-order valence-electron chi connectivity index (χ1n) is 7.44. The van der Waals surface area contributed by atoms with Crippen molar-refractivity contribution in [3.8, 4) is 5.75 Å². The van der Waals surface area contributed by atoms with E-state index >= 15 is 0 Å². The molecule has 1 aromatic heterocycles. The number of nitrogens with zero attached hydrogens (tertiary/aromatic N) is 1. The van der Waals surface area contributed by atoms with Crippen LogP contribution in [0.2, 0.25) is 0 Å². The number of hydrogen-bond donors (Lipinski definition) is 2. The summed E-state index contributed by atoms with van der Waals surface area (Å²) in [4.78, 5) is 24.0. The average Bonchev–Trinajstić information content (AvgIpc) is 3.03. The number of carbonyl (C=O) groups excluding carboxylic acids is 2. The number of nitrogens with one attached hydrogen (secondary N) is 2. The summed E-state index contributed by atoms with van der Waals surface area (Å²) in [6.45, 7) is 0.121. The van der Waals surface area contributed by atoms with Crippen molar-refractivity contribution in [1.82, 2.24) is 15.4 Å². The number of para-hydroxylation sites is 1. The van der Waals surface area contributed by atoms with Gasteiger partial charge in [0.05, 0.1) is 7.11 Å². The summed E-state index contributed by atoms with van der Waals surface area (Å²) >= 11 is 0. The van der Waals surface area contributed by atoms with Crippen molar-refractivity contribution in [2.75, 3.05) is 7.11 Å². The molecule has 2 N–H and O–H groups in total. The molecule has 0 saturated heterocycles. The molecule has 2 amide bonds. The molecule has 0 bridgehead atoms. The molecule has 2 aromatic carbocycles. The van der Waals surface area contributed by atoms with Gasteiger partial charge in [-0.1, -0.05) is 18.2 Å². The van der Waals surface area contributed by atoms with E-state index in [1.165, 1.54) is 0 Å².